The predicted octanol–water partition coefficient (Wildman–Crippen LogP) is 2.17. The van der Waals surface area contributed by atoms with E-state index in [0.717, 1.165) is 0 Å². The van der Waals surface area contributed by atoms with Crippen molar-refractivity contribution in [3.8, 4) is 0 Å². The fourth-order valence-corrected chi connectivity index (χ4v) is 3.56. The minimum absolute atomic E-state index is 0.0673. The van der Waals surface area contributed by atoms with Gasteiger partial charge in [0.15, 0.2) is 0 Å². The highest BCUT2D eigenvalue weighted by Gasteiger charge is 2.35. The van der Waals surface area contributed by atoms with E-state index >= 15 is 0 Å². The van der Waals surface area contributed by atoms with Gasteiger partial charge in [-0.2, -0.15) is 0 Å². The molecule has 1 aliphatic rings. The number of methoxy groups -OCH3 is 1. The molecule has 1 aromatic heterocycles. The summed E-state index contributed by atoms with van der Waals surface area (Å²) >= 11 is 0. The number of nitrogens with zero attached hydrogens (tertiary/aromatic N) is 2. The summed E-state index contributed by atoms with van der Waals surface area (Å²) in [5.74, 6) is 0.390. The van der Waals surface area contributed by atoms with E-state index in [1.54, 1.807) is 43.5 Å². The molecular weight excluding hydrogens is 374 g/mol. The van der Waals surface area contributed by atoms with Crippen molar-refractivity contribution in [1.82, 2.24) is 10.3 Å². The van der Waals surface area contributed by atoms with Gasteiger partial charge < -0.3 is 31.1 Å². The normalized spacial score (nSPS) is 18.4. The molecule has 0 bridgehead atoms. The van der Waals surface area contributed by atoms with Crippen LogP contribution in [-0.2, 0) is 4.74 Å². The number of nitrogens with one attached hydrogen (secondary N) is 2. The zero-order valence-corrected chi connectivity index (χ0v) is 16.2. The Balaban J connectivity index is 1.72. The number of hydrogen-bond donors (Lipinski definition) is 4. The van der Waals surface area contributed by atoms with E-state index in [2.05, 4.69) is 20.5 Å². The lowest BCUT2D eigenvalue weighted by atomic mass is 10.1. The zero-order chi connectivity index (χ0) is 20.8. The highest BCUT2D eigenvalue weighted by atomic mass is 16.5. The van der Waals surface area contributed by atoms with Crippen LogP contribution in [-0.4, -0.2) is 54.4 Å². The molecule has 9 heteroatoms. The monoisotopic (exact) mass is 399 g/mol. The fraction of sp³-hybridized carbons (Fsp3) is 0.350. The largest absolute Gasteiger partial charge is 0.465 e. The first-order valence-electron chi connectivity index (χ1n) is 9.36. The van der Waals surface area contributed by atoms with Crippen LogP contribution >= 0.6 is 0 Å². The molecule has 0 saturated carbocycles. The Hall–Kier alpha value is -3.33. The molecule has 154 valence electrons. The maximum absolute atomic E-state index is 12.5. The molecule has 2 heterocycles. The van der Waals surface area contributed by atoms with Crippen molar-refractivity contribution in [3.63, 3.8) is 0 Å². The SMILES string of the molecule is COCCC1[C@@H](NC(=O)O)CCN1c1ccc(C(=O)Nc2ccccc2N)cn1. The minimum atomic E-state index is -1.04. The van der Waals surface area contributed by atoms with E-state index in [1.807, 2.05) is 0 Å². The Bertz CT molecular complexity index is 858. The van der Waals surface area contributed by atoms with Gasteiger partial charge >= 0.3 is 6.09 Å². The molecule has 1 unspecified atom stereocenters. The van der Waals surface area contributed by atoms with Crippen LogP contribution in [0.15, 0.2) is 42.6 Å². The second kappa shape index (κ2) is 9.24. The van der Waals surface area contributed by atoms with Gasteiger partial charge in [0.1, 0.15) is 5.82 Å². The van der Waals surface area contributed by atoms with Crippen LogP contribution in [0.25, 0.3) is 0 Å². The average molecular weight is 399 g/mol. The molecule has 1 aliphatic heterocycles. The minimum Gasteiger partial charge on any atom is -0.465 e. The Morgan fingerprint density at radius 3 is 2.76 bits per heavy atom. The van der Waals surface area contributed by atoms with E-state index in [0.29, 0.717) is 48.7 Å². The molecular formula is C20H25N5O4. The van der Waals surface area contributed by atoms with Gasteiger partial charge in [-0.1, -0.05) is 12.1 Å². The molecule has 29 heavy (non-hydrogen) atoms. The smallest absolute Gasteiger partial charge is 0.404 e. The lowest BCUT2D eigenvalue weighted by molar-refractivity contribution is 0.102. The lowest BCUT2D eigenvalue weighted by Crippen LogP contribution is -2.45. The number of rotatable bonds is 7. The number of hydrogen-bond acceptors (Lipinski definition) is 6. The summed E-state index contributed by atoms with van der Waals surface area (Å²) in [6, 6.07) is 10.2. The number of nitrogens with two attached hydrogens (primary N) is 1. The number of ether oxygens (including phenoxy) is 1. The molecule has 0 aliphatic carbocycles. The maximum Gasteiger partial charge on any atom is 0.404 e. The Labute approximate surface area is 168 Å². The molecule has 2 atom stereocenters. The second-order valence-electron chi connectivity index (χ2n) is 6.83. The first-order valence-corrected chi connectivity index (χ1v) is 9.36. The van der Waals surface area contributed by atoms with Crippen LogP contribution in [0.2, 0.25) is 0 Å². The summed E-state index contributed by atoms with van der Waals surface area (Å²) in [6.45, 7) is 1.18. The van der Waals surface area contributed by atoms with Crippen LogP contribution in [0.5, 0.6) is 0 Å². The van der Waals surface area contributed by atoms with Gasteiger partial charge in [0, 0.05) is 26.5 Å². The third-order valence-corrected chi connectivity index (χ3v) is 4.99. The number of nitrogen functional groups attached to an aromatic ring is 1. The Morgan fingerprint density at radius 1 is 1.31 bits per heavy atom. The van der Waals surface area contributed by atoms with Gasteiger partial charge in [0.2, 0.25) is 0 Å². The first-order chi connectivity index (χ1) is 14.0. The summed E-state index contributed by atoms with van der Waals surface area (Å²) in [6.07, 6.45) is 1.81. The van der Waals surface area contributed by atoms with E-state index < -0.39 is 6.09 Å². The van der Waals surface area contributed by atoms with Crippen LogP contribution < -0.4 is 21.3 Å². The van der Waals surface area contributed by atoms with Crippen LogP contribution in [0.3, 0.4) is 0 Å². The third kappa shape index (κ3) is 4.94. The van der Waals surface area contributed by atoms with Gasteiger partial charge in [-0.05, 0) is 37.1 Å². The van der Waals surface area contributed by atoms with E-state index in [9.17, 15) is 9.59 Å². The third-order valence-electron chi connectivity index (χ3n) is 4.99. The standard InChI is InChI=1S/C20H25N5O4/c1-29-11-9-17-16(24-20(27)28)8-10-25(17)18-7-6-13(12-22-18)19(26)23-15-5-3-2-4-14(15)21/h2-7,12,16-17,24H,8-11,21H2,1H3,(H,23,26)(H,27,28)/t16-,17?/m0/s1. The molecule has 2 amide bonds. The number of anilines is 3. The molecule has 0 spiro atoms. The predicted molar refractivity (Wildman–Crippen MR) is 110 cm³/mol. The molecule has 5 N–H and O–H groups in total. The van der Waals surface area contributed by atoms with Crippen molar-refractivity contribution in [2.24, 2.45) is 0 Å². The summed E-state index contributed by atoms with van der Waals surface area (Å²) in [4.78, 5) is 30.0. The Kier molecular flexibility index (Phi) is 6.50. The topological polar surface area (TPSA) is 130 Å². The molecule has 9 nitrogen and oxygen atoms in total. The van der Waals surface area contributed by atoms with Crippen molar-refractivity contribution in [2.75, 3.05) is 36.2 Å². The zero-order valence-electron chi connectivity index (χ0n) is 16.2. The second-order valence-corrected chi connectivity index (χ2v) is 6.83. The van der Waals surface area contributed by atoms with Gasteiger partial charge in [0.05, 0.1) is 29.0 Å². The molecule has 1 saturated heterocycles. The van der Waals surface area contributed by atoms with Crippen LogP contribution in [0.1, 0.15) is 23.2 Å². The van der Waals surface area contributed by atoms with E-state index in [1.165, 1.54) is 6.20 Å². The van der Waals surface area contributed by atoms with Crippen LogP contribution in [0.4, 0.5) is 22.0 Å². The number of benzene rings is 1. The number of carboxylic acid groups (broad SMARTS) is 1. The Morgan fingerprint density at radius 2 is 2.10 bits per heavy atom. The summed E-state index contributed by atoms with van der Waals surface area (Å²) in [5.41, 5.74) is 7.30. The number of aromatic nitrogens is 1. The van der Waals surface area contributed by atoms with Crippen molar-refractivity contribution in [1.29, 1.82) is 0 Å². The van der Waals surface area contributed by atoms with Crippen LogP contribution in [0, 0.1) is 0 Å². The van der Waals surface area contributed by atoms with Gasteiger partial charge in [-0.25, -0.2) is 9.78 Å². The number of pyridine rings is 1. The number of para-hydroxylation sites is 2. The molecule has 3 rings (SSSR count). The van der Waals surface area contributed by atoms with Crippen molar-refractivity contribution in [3.05, 3.63) is 48.2 Å². The summed E-state index contributed by atoms with van der Waals surface area (Å²) in [7, 11) is 1.62. The quantitative estimate of drug-likeness (QED) is 0.525. The highest BCUT2D eigenvalue weighted by molar-refractivity contribution is 6.05. The number of carbonyl (C=O) groups excluding carboxylic acids is 1. The van der Waals surface area contributed by atoms with Gasteiger partial charge in [-0.3, -0.25) is 4.79 Å². The number of carbonyl (C=O) groups is 2. The van der Waals surface area contributed by atoms with Crippen molar-refractivity contribution < 1.29 is 19.4 Å². The molecule has 1 aromatic carbocycles. The van der Waals surface area contributed by atoms with Gasteiger partial charge in [-0.15, -0.1) is 0 Å². The first kappa shape index (κ1) is 20.4. The fourth-order valence-electron chi connectivity index (χ4n) is 3.56. The maximum atomic E-state index is 12.5. The molecule has 0 radical (unpaired) electrons. The van der Waals surface area contributed by atoms with E-state index in [-0.39, 0.29) is 18.0 Å². The molecule has 1 fully saturated rings. The molecule has 2 aromatic rings. The van der Waals surface area contributed by atoms with Crippen molar-refractivity contribution in [2.45, 2.75) is 24.9 Å². The summed E-state index contributed by atoms with van der Waals surface area (Å²) in [5, 5.41) is 14.4. The summed E-state index contributed by atoms with van der Waals surface area (Å²) < 4.78 is 5.17. The number of amides is 2. The van der Waals surface area contributed by atoms with Crippen molar-refractivity contribution >= 4 is 29.2 Å². The van der Waals surface area contributed by atoms with E-state index in [4.69, 9.17) is 15.6 Å². The highest BCUT2D eigenvalue weighted by Crippen LogP contribution is 2.27. The lowest BCUT2D eigenvalue weighted by Gasteiger charge is -2.29. The van der Waals surface area contributed by atoms with Gasteiger partial charge in [0.25, 0.3) is 5.91 Å². The average Bonchev–Trinajstić information content (AvgIpc) is 3.09.